The quantitative estimate of drug-likeness (QED) is 0.584. The Hall–Kier alpha value is -1.95. The molecule has 1 N–H and O–H groups in total. The van der Waals surface area contributed by atoms with E-state index in [1.165, 1.54) is 12.5 Å². The Morgan fingerprint density at radius 3 is 2.36 bits per heavy atom. The molecule has 0 spiro atoms. The largest absolute Gasteiger partial charge is 0.462 e. The lowest BCUT2D eigenvalue weighted by Crippen LogP contribution is -2.73. The summed E-state index contributed by atoms with van der Waals surface area (Å²) in [6, 6.07) is 2.50. The smallest absolute Gasteiger partial charge is 0.340 e. The third kappa shape index (κ3) is 3.43. The molecular formula is C22H32FN2O3+. The Morgan fingerprint density at radius 1 is 1.14 bits per heavy atom. The second-order valence-corrected chi connectivity index (χ2v) is 8.17. The van der Waals surface area contributed by atoms with Crippen molar-refractivity contribution in [2.24, 2.45) is 0 Å². The molecular weight excluding hydrogens is 359 g/mol. The number of amides is 1. The number of benzene rings is 1. The van der Waals surface area contributed by atoms with Crippen molar-refractivity contribution in [3.63, 3.8) is 0 Å². The predicted octanol–water partition coefficient (Wildman–Crippen LogP) is 4.19. The lowest BCUT2D eigenvalue weighted by atomic mass is 9.71. The summed E-state index contributed by atoms with van der Waals surface area (Å²) in [5.74, 6) is -1.16. The minimum Gasteiger partial charge on any atom is -0.462 e. The molecule has 1 aliphatic heterocycles. The molecule has 2 aliphatic rings. The third-order valence-corrected chi connectivity index (χ3v) is 6.82. The van der Waals surface area contributed by atoms with E-state index >= 15 is 0 Å². The molecule has 0 radical (unpaired) electrons. The van der Waals surface area contributed by atoms with Crippen LogP contribution in [0, 0.1) is 12.7 Å². The number of hydrogen-bond acceptors (Lipinski definition) is 3. The van der Waals surface area contributed by atoms with Crippen LogP contribution in [-0.2, 0) is 9.53 Å². The number of likely N-dealkylation sites (tertiary alicyclic amines) is 1. The highest BCUT2D eigenvalue weighted by Crippen LogP contribution is 2.46. The zero-order chi connectivity index (χ0) is 20.4. The number of nitrogens with zero attached hydrogens (tertiary/aromatic N) is 1. The summed E-state index contributed by atoms with van der Waals surface area (Å²) < 4.78 is 19.9. The second kappa shape index (κ2) is 8.19. The van der Waals surface area contributed by atoms with E-state index in [1.807, 2.05) is 0 Å². The average molecular weight is 392 g/mol. The predicted molar refractivity (Wildman–Crippen MR) is 107 cm³/mol. The van der Waals surface area contributed by atoms with Gasteiger partial charge in [-0.25, -0.2) is 9.18 Å². The van der Waals surface area contributed by atoms with Crippen molar-refractivity contribution >= 4 is 17.6 Å². The summed E-state index contributed by atoms with van der Waals surface area (Å²) in [6.07, 6.45) is 6.28. The summed E-state index contributed by atoms with van der Waals surface area (Å²) in [7, 11) is 0. The molecule has 1 amide bonds. The number of rotatable bonds is 6. The Bertz CT molecular complexity index is 752. The van der Waals surface area contributed by atoms with E-state index in [4.69, 9.17) is 4.74 Å². The monoisotopic (exact) mass is 391 g/mol. The molecule has 6 heteroatoms. The number of nitrogens with one attached hydrogen (secondary N) is 1. The number of likely N-dealkylation sites (N-methyl/N-ethyl adjacent to an activating group) is 1. The van der Waals surface area contributed by atoms with E-state index in [1.54, 1.807) is 13.8 Å². The van der Waals surface area contributed by atoms with Crippen LogP contribution < -0.4 is 5.32 Å². The van der Waals surface area contributed by atoms with Crippen molar-refractivity contribution in [1.82, 2.24) is 0 Å². The summed E-state index contributed by atoms with van der Waals surface area (Å²) >= 11 is 0. The Kier molecular flexibility index (Phi) is 6.08. The van der Waals surface area contributed by atoms with Crippen LogP contribution >= 0.6 is 0 Å². The van der Waals surface area contributed by atoms with Crippen molar-refractivity contribution < 1.29 is 23.2 Å². The van der Waals surface area contributed by atoms with Crippen molar-refractivity contribution in [3.8, 4) is 0 Å². The Labute approximate surface area is 166 Å². The Morgan fingerprint density at radius 2 is 1.82 bits per heavy atom. The lowest BCUT2D eigenvalue weighted by Gasteiger charge is -2.57. The molecule has 28 heavy (non-hydrogen) atoms. The van der Waals surface area contributed by atoms with E-state index in [0.717, 1.165) is 62.3 Å². The van der Waals surface area contributed by atoms with Gasteiger partial charge in [-0.05, 0) is 64.2 Å². The first-order valence-corrected chi connectivity index (χ1v) is 10.5. The van der Waals surface area contributed by atoms with Gasteiger partial charge in [-0.15, -0.1) is 0 Å². The van der Waals surface area contributed by atoms with E-state index in [0.29, 0.717) is 11.3 Å². The molecule has 1 saturated carbocycles. The molecule has 0 bridgehead atoms. The van der Waals surface area contributed by atoms with Crippen LogP contribution in [0.4, 0.5) is 10.1 Å². The van der Waals surface area contributed by atoms with Gasteiger partial charge in [0.2, 0.25) is 0 Å². The molecule has 1 saturated heterocycles. The number of anilines is 1. The minimum atomic E-state index is -0.611. The number of piperidine rings is 1. The van der Waals surface area contributed by atoms with Crippen LogP contribution in [0.2, 0.25) is 0 Å². The van der Waals surface area contributed by atoms with Gasteiger partial charge in [-0.2, -0.15) is 0 Å². The highest BCUT2D eigenvalue weighted by Gasteiger charge is 2.59. The van der Waals surface area contributed by atoms with Crippen LogP contribution in [0.25, 0.3) is 0 Å². The number of hydrogen-bond donors (Lipinski definition) is 1. The fourth-order valence-corrected chi connectivity index (χ4v) is 5.10. The fraction of sp³-hybridized carbons (Fsp3) is 0.636. The van der Waals surface area contributed by atoms with Crippen LogP contribution in [0.5, 0.6) is 0 Å². The van der Waals surface area contributed by atoms with Gasteiger partial charge >= 0.3 is 5.97 Å². The van der Waals surface area contributed by atoms with E-state index in [9.17, 15) is 14.0 Å². The number of ether oxygens (including phenoxy) is 1. The maximum absolute atomic E-state index is 13.9. The standard InChI is InChI=1S/C22H31FN2O3/c1-4-25(12-7-6-8-13-25)22(10-9-11-22)21(27)24-19-16(3)14-17(23)15-18(19)20(26)28-5-2/h14-15H,4-13H2,1-3H3/p+1. The molecule has 1 aromatic rings. The van der Waals surface area contributed by atoms with E-state index in [-0.39, 0.29) is 18.1 Å². The van der Waals surface area contributed by atoms with Crippen LogP contribution in [0.3, 0.4) is 0 Å². The fourth-order valence-electron chi connectivity index (χ4n) is 5.10. The Balaban J connectivity index is 1.95. The van der Waals surface area contributed by atoms with Crippen molar-refractivity contribution in [2.45, 2.75) is 64.8 Å². The molecule has 154 valence electrons. The molecule has 1 heterocycles. The number of carbonyl (C=O) groups excluding carboxylic acids is 2. The van der Waals surface area contributed by atoms with Crippen LogP contribution in [0.1, 0.15) is 68.3 Å². The topological polar surface area (TPSA) is 55.4 Å². The number of esters is 1. The van der Waals surface area contributed by atoms with E-state index < -0.39 is 17.3 Å². The maximum Gasteiger partial charge on any atom is 0.340 e. The minimum absolute atomic E-state index is 0.0391. The summed E-state index contributed by atoms with van der Waals surface area (Å²) in [4.78, 5) is 25.9. The molecule has 5 nitrogen and oxygen atoms in total. The highest BCUT2D eigenvalue weighted by atomic mass is 19.1. The van der Waals surface area contributed by atoms with E-state index in [2.05, 4.69) is 12.2 Å². The first kappa shape index (κ1) is 20.8. The molecule has 0 atom stereocenters. The summed E-state index contributed by atoms with van der Waals surface area (Å²) in [5, 5.41) is 3.02. The normalized spacial score (nSPS) is 20.1. The van der Waals surface area contributed by atoms with Crippen molar-refractivity contribution in [3.05, 3.63) is 29.1 Å². The molecule has 0 unspecified atom stereocenters. The van der Waals surface area contributed by atoms with Gasteiger partial charge in [0.1, 0.15) is 5.82 Å². The van der Waals surface area contributed by atoms with Gasteiger partial charge < -0.3 is 14.5 Å². The van der Waals surface area contributed by atoms with Gasteiger partial charge in [0.05, 0.1) is 37.5 Å². The first-order chi connectivity index (χ1) is 13.4. The lowest BCUT2D eigenvalue weighted by molar-refractivity contribution is -0.974. The van der Waals surface area contributed by atoms with Gasteiger partial charge in [-0.3, -0.25) is 4.79 Å². The van der Waals surface area contributed by atoms with Gasteiger partial charge in [0.25, 0.3) is 5.91 Å². The number of halogens is 1. The number of quaternary nitrogens is 1. The maximum atomic E-state index is 13.9. The van der Waals surface area contributed by atoms with Gasteiger partial charge in [0, 0.05) is 12.8 Å². The highest BCUT2D eigenvalue weighted by molar-refractivity contribution is 6.05. The summed E-state index contributed by atoms with van der Waals surface area (Å²) in [6.45, 7) is 8.76. The molecule has 1 aliphatic carbocycles. The zero-order valence-electron chi connectivity index (χ0n) is 17.3. The first-order valence-electron chi connectivity index (χ1n) is 10.5. The van der Waals surface area contributed by atoms with Crippen molar-refractivity contribution in [2.75, 3.05) is 31.6 Å². The van der Waals surface area contributed by atoms with Crippen molar-refractivity contribution in [1.29, 1.82) is 0 Å². The second-order valence-electron chi connectivity index (χ2n) is 8.17. The van der Waals surface area contributed by atoms with Gasteiger partial charge in [0.15, 0.2) is 5.54 Å². The SMILES string of the molecule is CCOC(=O)c1cc(F)cc(C)c1NC(=O)C1([N+]2(CC)CCCCC2)CCC1. The molecule has 2 fully saturated rings. The average Bonchev–Trinajstić information content (AvgIpc) is 2.63. The molecule has 3 rings (SSSR count). The third-order valence-electron chi connectivity index (χ3n) is 6.82. The number of aryl methyl sites for hydroxylation is 1. The molecule has 0 aromatic heterocycles. The zero-order valence-corrected chi connectivity index (χ0v) is 17.3. The molecule has 1 aromatic carbocycles. The van der Waals surface area contributed by atoms with Crippen LogP contribution in [0.15, 0.2) is 12.1 Å². The van der Waals surface area contributed by atoms with Crippen LogP contribution in [-0.4, -0.2) is 48.1 Å². The van der Waals surface area contributed by atoms with Gasteiger partial charge in [-0.1, -0.05) is 0 Å². The summed E-state index contributed by atoms with van der Waals surface area (Å²) in [5.41, 5.74) is 0.556. The number of carbonyl (C=O) groups is 2.